The Balaban J connectivity index is 1.36. The highest BCUT2D eigenvalue weighted by molar-refractivity contribution is 5.82. The van der Waals surface area contributed by atoms with Gasteiger partial charge >= 0.3 is 0 Å². The van der Waals surface area contributed by atoms with Crippen molar-refractivity contribution >= 4 is 5.91 Å². The number of hydrogen-bond donors (Lipinski definition) is 3. The fourth-order valence-corrected chi connectivity index (χ4v) is 3.42. The summed E-state index contributed by atoms with van der Waals surface area (Å²) in [5.74, 6) is 0.0909. The molecule has 3 rings (SSSR count). The maximum absolute atomic E-state index is 12.3. The number of amides is 1. The molecule has 0 saturated carbocycles. The Labute approximate surface area is 144 Å². The lowest BCUT2D eigenvalue weighted by Crippen LogP contribution is -2.49. The van der Waals surface area contributed by atoms with Crippen LogP contribution in [0.5, 0.6) is 0 Å². The van der Waals surface area contributed by atoms with Gasteiger partial charge in [-0.3, -0.25) is 9.69 Å². The van der Waals surface area contributed by atoms with Crippen LogP contribution >= 0.6 is 0 Å². The van der Waals surface area contributed by atoms with Crippen molar-refractivity contribution in [2.45, 2.75) is 25.4 Å². The van der Waals surface area contributed by atoms with Crippen molar-refractivity contribution < 1.29 is 4.79 Å². The molecule has 2 unspecified atom stereocenters. The highest BCUT2D eigenvalue weighted by Crippen LogP contribution is 2.21. The summed E-state index contributed by atoms with van der Waals surface area (Å²) in [7, 11) is 0. The van der Waals surface area contributed by atoms with Gasteiger partial charge in [-0.25, -0.2) is 10.9 Å². The highest BCUT2D eigenvalue weighted by atomic mass is 16.2. The zero-order valence-corrected chi connectivity index (χ0v) is 14.5. The van der Waals surface area contributed by atoms with Gasteiger partial charge in [0.1, 0.15) is 6.04 Å². The van der Waals surface area contributed by atoms with Crippen LogP contribution in [0.1, 0.15) is 24.9 Å². The molecule has 0 spiro atoms. The van der Waals surface area contributed by atoms with Gasteiger partial charge in [0.05, 0.1) is 0 Å². The van der Waals surface area contributed by atoms with Gasteiger partial charge in [-0.2, -0.15) is 0 Å². The molecule has 0 radical (unpaired) electrons. The first-order chi connectivity index (χ1) is 11.8. The van der Waals surface area contributed by atoms with Crippen molar-refractivity contribution in [3.05, 3.63) is 35.9 Å². The Morgan fingerprint density at radius 1 is 1.12 bits per heavy atom. The van der Waals surface area contributed by atoms with Crippen LogP contribution in [0.2, 0.25) is 0 Å². The Kier molecular flexibility index (Phi) is 6.20. The van der Waals surface area contributed by atoms with E-state index in [4.69, 9.17) is 0 Å². The maximum atomic E-state index is 12.3. The summed E-state index contributed by atoms with van der Waals surface area (Å²) in [5.41, 5.74) is 7.57. The number of likely N-dealkylation sites (N-methyl/N-ethyl adjacent to an activating group) is 1. The molecule has 0 aliphatic carbocycles. The molecular formula is C18H29N5O. The quantitative estimate of drug-likeness (QED) is 0.702. The van der Waals surface area contributed by atoms with Gasteiger partial charge < -0.3 is 10.2 Å². The summed E-state index contributed by atoms with van der Waals surface area (Å²) < 4.78 is 0. The zero-order chi connectivity index (χ0) is 16.8. The van der Waals surface area contributed by atoms with E-state index < -0.39 is 0 Å². The largest absolute Gasteiger partial charge is 0.353 e. The number of carbonyl (C=O) groups excluding carboxylic acids is 1. The Bertz CT molecular complexity index is 515. The van der Waals surface area contributed by atoms with E-state index in [2.05, 4.69) is 45.0 Å². The van der Waals surface area contributed by atoms with E-state index in [-0.39, 0.29) is 18.0 Å². The van der Waals surface area contributed by atoms with E-state index in [1.165, 1.54) is 5.56 Å². The smallest absolute Gasteiger partial charge is 0.238 e. The van der Waals surface area contributed by atoms with Gasteiger partial charge in [0, 0.05) is 45.3 Å². The van der Waals surface area contributed by atoms with Crippen molar-refractivity contribution in [2.24, 2.45) is 0 Å². The molecule has 2 aliphatic rings. The number of benzene rings is 1. The molecule has 1 amide bonds. The molecule has 1 aromatic rings. The molecular weight excluding hydrogens is 302 g/mol. The number of hydrazine groups is 1. The molecule has 2 atom stereocenters. The van der Waals surface area contributed by atoms with Gasteiger partial charge in [0.2, 0.25) is 5.91 Å². The molecule has 1 aromatic carbocycles. The zero-order valence-electron chi connectivity index (χ0n) is 14.5. The predicted molar refractivity (Wildman–Crippen MR) is 95.4 cm³/mol. The summed E-state index contributed by atoms with van der Waals surface area (Å²) in [6, 6.07) is 10.3. The molecule has 0 bridgehead atoms. The van der Waals surface area contributed by atoms with Crippen LogP contribution in [0.3, 0.4) is 0 Å². The normalized spacial score (nSPS) is 25.7. The summed E-state index contributed by atoms with van der Waals surface area (Å²) in [4.78, 5) is 17.2. The van der Waals surface area contributed by atoms with Crippen LogP contribution < -0.4 is 16.2 Å². The van der Waals surface area contributed by atoms with Gasteiger partial charge in [-0.15, -0.1) is 0 Å². The van der Waals surface area contributed by atoms with Crippen LogP contribution in [0.25, 0.3) is 0 Å². The van der Waals surface area contributed by atoms with E-state index in [1.807, 2.05) is 18.2 Å². The molecule has 2 heterocycles. The van der Waals surface area contributed by atoms with E-state index in [9.17, 15) is 4.79 Å². The second kappa shape index (κ2) is 8.58. The Morgan fingerprint density at radius 2 is 1.83 bits per heavy atom. The summed E-state index contributed by atoms with van der Waals surface area (Å²) in [6.07, 6.45) is 0.783. The fourth-order valence-electron chi connectivity index (χ4n) is 3.42. The second-order valence-corrected chi connectivity index (χ2v) is 6.61. The van der Waals surface area contributed by atoms with Gasteiger partial charge in [-0.05, 0) is 18.5 Å². The second-order valence-electron chi connectivity index (χ2n) is 6.61. The Hall–Kier alpha value is -1.47. The minimum Gasteiger partial charge on any atom is -0.353 e. The summed E-state index contributed by atoms with van der Waals surface area (Å²) >= 11 is 0. The number of nitrogens with zero attached hydrogens (tertiary/aromatic N) is 2. The van der Waals surface area contributed by atoms with Crippen molar-refractivity contribution in [3.8, 4) is 0 Å². The minimum absolute atomic E-state index is 0.0909. The minimum atomic E-state index is -0.160. The van der Waals surface area contributed by atoms with Gasteiger partial charge in [0.15, 0.2) is 0 Å². The lowest BCUT2D eigenvalue weighted by atomic mass is 10.0. The van der Waals surface area contributed by atoms with Gasteiger partial charge in [-0.1, -0.05) is 37.3 Å². The Morgan fingerprint density at radius 3 is 2.54 bits per heavy atom. The molecule has 24 heavy (non-hydrogen) atoms. The van der Waals surface area contributed by atoms with Gasteiger partial charge in [0.25, 0.3) is 0 Å². The number of carbonyl (C=O) groups is 1. The molecule has 2 aliphatic heterocycles. The van der Waals surface area contributed by atoms with E-state index in [1.54, 1.807) is 0 Å². The number of hydrogen-bond acceptors (Lipinski definition) is 5. The first-order valence-corrected chi connectivity index (χ1v) is 9.04. The molecule has 3 N–H and O–H groups in total. The standard InChI is InChI=1S/C18H29N5O/c1-2-22-10-12-23(13-11-22)9-8-19-18(24)17-14-16(20-21-17)15-6-4-3-5-7-15/h3-7,16-17,20-21H,2,8-14H2,1H3,(H,19,24). The number of piperazine rings is 1. The molecule has 2 fully saturated rings. The van der Waals surface area contributed by atoms with Crippen molar-refractivity contribution in [2.75, 3.05) is 45.8 Å². The molecule has 132 valence electrons. The lowest BCUT2D eigenvalue weighted by molar-refractivity contribution is -0.122. The van der Waals surface area contributed by atoms with E-state index >= 15 is 0 Å². The van der Waals surface area contributed by atoms with Crippen LogP contribution in [0.15, 0.2) is 30.3 Å². The van der Waals surface area contributed by atoms with E-state index in [0.717, 1.165) is 52.2 Å². The third-order valence-electron chi connectivity index (χ3n) is 5.06. The highest BCUT2D eigenvalue weighted by Gasteiger charge is 2.29. The van der Waals surface area contributed by atoms with Crippen LogP contribution in [0, 0.1) is 0 Å². The SMILES string of the molecule is CCN1CCN(CCNC(=O)C2CC(c3ccccc3)NN2)CC1. The summed E-state index contributed by atoms with van der Waals surface area (Å²) in [5, 5.41) is 3.07. The number of rotatable bonds is 6. The van der Waals surface area contributed by atoms with Crippen LogP contribution in [-0.4, -0.2) is 67.6 Å². The molecule has 6 heteroatoms. The predicted octanol–water partition coefficient (Wildman–Crippen LogP) is 0.348. The average molecular weight is 331 g/mol. The third-order valence-corrected chi connectivity index (χ3v) is 5.06. The average Bonchev–Trinajstić information content (AvgIpc) is 3.13. The fraction of sp³-hybridized carbons (Fsp3) is 0.611. The van der Waals surface area contributed by atoms with Crippen molar-refractivity contribution in [1.29, 1.82) is 0 Å². The first kappa shape index (κ1) is 17.4. The van der Waals surface area contributed by atoms with E-state index in [0.29, 0.717) is 0 Å². The molecule has 6 nitrogen and oxygen atoms in total. The van der Waals surface area contributed by atoms with Crippen molar-refractivity contribution in [3.63, 3.8) is 0 Å². The van der Waals surface area contributed by atoms with Crippen molar-refractivity contribution in [1.82, 2.24) is 26.0 Å². The van der Waals surface area contributed by atoms with Crippen LogP contribution in [-0.2, 0) is 4.79 Å². The topological polar surface area (TPSA) is 59.6 Å². The lowest BCUT2D eigenvalue weighted by Gasteiger charge is -2.34. The number of nitrogens with one attached hydrogen (secondary N) is 3. The first-order valence-electron chi connectivity index (χ1n) is 9.04. The maximum Gasteiger partial charge on any atom is 0.238 e. The monoisotopic (exact) mass is 331 g/mol. The molecule has 0 aromatic heterocycles. The molecule has 2 saturated heterocycles. The third kappa shape index (κ3) is 4.54. The van der Waals surface area contributed by atoms with Crippen LogP contribution in [0.4, 0.5) is 0 Å². The summed E-state index contributed by atoms with van der Waals surface area (Å²) in [6.45, 7) is 9.47.